The van der Waals surface area contributed by atoms with Crippen molar-refractivity contribution in [3.8, 4) is 0 Å². The van der Waals surface area contributed by atoms with Crippen LogP contribution in [-0.2, 0) is 9.59 Å². The molecule has 0 unspecified atom stereocenters. The number of aliphatic hydroxyl groups excluding tert-OH is 1. The molecule has 2 aliphatic heterocycles. The fourth-order valence-corrected chi connectivity index (χ4v) is 6.53. The third kappa shape index (κ3) is 4.75. The molecule has 4 fully saturated rings. The van der Waals surface area contributed by atoms with Gasteiger partial charge in [-0.05, 0) is 69.9 Å². The van der Waals surface area contributed by atoms with Gasteiger partial charge in [-0.2, -0.15) is 0 Å². The maximum atomic E-state index is 13.5. The first kappa shape index (κ1) is 22.6. The first-order valence-electron chi connectivity index (χ1n) is 13.1. The van der Waals surface area contributed by atoms with Crippen LogP contribution in [0.1, 0.15) is 77.0 Å². The molecule has 1 aromatic rings. The van der Waals surface area contributed by atoms with Crippen molar-refractivity contribution in [2.24, 2.45) is 11.3 Å². The predicted octanol–water partition coefficient (Wildman–Crippen LogP) is 3.72. The number of aliphatic hydroxyl groups is 1. The summed E-state index contributed by atoms with van der Waals surface area (Å²) in [4.78, 5) is 35.1. The monoisotopic (exact) mass is 454 g/mol. The van der Waals surface area contributed by atoms with E-state index < -0.39 is 0 Å². The summed E-state index contributed by atoms with van der Waals surface area (Å²) < 4.78 is 0. The van der Waals surface area contributed by atoms with E-state index in [1.165, 1.54) is 6.42 Å². The molecule has 5 rings (SSSR count). The molecule has 0 bridgehead atoms. The van der Waals surface area contributed by atoms with E-state index in [0.29, 0.717) is 11.9 Å². The Balaban J connectivity index is 1.21. The summed E-state index contributed by atoms with van der Waals surface area (Å²) in [6.07, 6.45) is 13.4. The molecule has 1 spiro atoms. The summed E-state index contributed by atoms with van der Waals surface area (Å²) in [5.74, 6) is 1.44. The molecule has 2 saturated carbocycles. The Morgan fingerprint density at radius 1 is 1.00 bits per heavy atom. The molecule has 2 amide bonds. The van der Waals surface area contributed by atoms with Crippen LogP contribution >= 0.6 is 0 Å². The Bertz CT molecular complexity index is 846. The molecule has 7 nitrogen and oxygen atoms in total. The van der Waals surface area contributed by atoms with E-state index in [2.05, 4.69) is 20.1 Å². The van der Waals surface area contributed by atoms with Crippen LogP contribution in [0.2, 0.25) is 0 Å². The van der Waals surface area contributed by atoms with Gasteiger partial charge < -0.3 is 20.2 Å². The molecule has 0 radical (unpaired) electrons. The predicted molar refractivity (Wildman–Crippen MR) is 128 cm³/mol. The average Bonchev–Trinajstić information content (AvgIpc) is 3.15. The van der Waals surface area contributed by atoms with Crippen molar-refractivity contribution in [2.45, 2.75) is 89.2 Å². The minimum atomic E-state index is -0.302. The van der Waals surface area contributed by atoms with Crippen LogP contribution in [0.25, 0.3) is 0 Å². The fraction of sp³-hybridized carbons (Fsp3) is 0.731. The Kier molecular flexibility index (Phi) is 6.59. The van der Waals surface area contributed by atoms with Gasteiger partial charge in [0.15, 0.2) is 0 Å². The fourth-order valence-electron chi connectivity index (χ4n) is 6.53. The number of carbonyl (C=O) groups excluding carboxylic acids is 2. The second kappa shape index (κ2) is 9.61. The minimum absolute atomic E-state index is 0.119. The van der Waals surface area contributed by atoms with Crippen molar-refractivity contribution in [3.63, 3.8) is 0 Å². The highest BCUT2D eigenvalue weighted by molar-refractivity contribution is 5.92. The Labute approximate surface area is 196 Å². The van der Waals surface area contributed by atoms with Gasteiger partial charge in [0.05, 0.1) is 23.4 Å². The number of aromatic nitrogens is 1. The summed E-state index contributed by atoms with van der Waals surface area (Å²) >= 11 is 0. The number of amides is 2. The molecule has 2 N–H and O–H groups in total. The summed E-state index contributed by atoms with van der Waals surface area (Å²) in [6, 6.07) is 4.22. The molecule has 3 heterocycles. The second-order valence-electron chi connectivity index (χ2n) is 10.7. The molecule has 2 aliphatic carbocycles. The van der Waals surface area contributed by atoms with E-state index in [1.807, 2.05) is 12.1 Å². The van der Waals surface area contributed by atoms with Crippen molar-refractivity contribution in [3.05, 3.63) is 18.3 Å². The molecule has 2 saturated heterocycles. The van der Waals surface area contributed by atoms with Crippen LogP contribution < -0.4 is 10.2 Å². The van der Waals surface area contributed by atoms with Crippen LogP contribution in [0, 0.1) is 11.3 Å². The van der Waals surface area contributed by atoms with E-state index in [9.17, 15) is 14.7 Å². The van der Waals surface area contributed by atoms with Crippen molar-refractivity contribution in [1.82, 2.24) is 9.88 Å². The highest BCUT2D eigenvalue weighted by atomic mass is 16.3. The maximum absolute atomic E-state index is 13.5. The number of nitrogens with one attached hydrogen (secondary N) is 1. The number of likely N-dealkylation sites (tertiary alicyclic amines) is 1. The second-order valence-corrected chi connectivity index (χ2v) is 10.7. The lowest BCUT2D eigenvalue weighted by atomic mass is 9.78. The normalized spacial score (nSPS) is 31.2. The quantitative estimate of drug-likeness (QED) is 0.724. The van der Waals surface area contributed by atoms with Crippen LogP contribution in [0.15, 0.2) is 18.3 Å². The van der Waals surface area contributed by atoms with Crippen LogP contribution in [0.5, 0.6) is 0 Å². The van der Waals surface area contributed by atoms with Gasteiger partial charge in [-0.15, -0.1) is 0 Å². The summed E-state index contributed by atoms with van der Waals surface area (Å²) in [7, 11) is 0. The third-order valence-corrected chi connectivity index (χ3v) is 8.55. The van der Waals surface area contributed by atoms with E-state index >= 15 is 0 Å². The highest BCUT2D eigenvalue weighted by Gasteiger charge is 2.50. The zero-order chi connectivity index (χ0) is 22.8. The maximum Gasteiger partial charge on any atom is 0.230 e. The number of pyridine rings is 1. The number of rotatable bonds is 4. The van der Waals surface area contributed by atoms with E-state index in [-0.39, 0.29) is 23.3 Å². The first-order valence-corrected chi connectivity index (χ1v) is 13.1. The lowest BCUT2D eigenvalue weighted by Gasteiger charge is -2.41. The average molecular weight is 455 g/mol. The van der Waals surface area contributed by atoms with Gasteiger partial charge in [-0.3, -0.25) is 9.59 Å². The van der Waals surface area contributed by atoms with Gasteiger partial charge in [0.25, 0.3) is 0 Å². The number of piperidine rings is 1. The molecule has 1 aromatic heterocycles. The number of hydrogen-bond acceptors (Lipinski definition) is 5. The highest BCUT2D eigenvalue weighted by Crippen LogP contribution is 2.43. The minimum Gasteiger partial charge on any atom is -0.393 e. The van der Waals surface area contributed by atoms with Gasteiger partial charge >= 0.3 is 0 Å². The number of carbonyl (C=O) groups is 2. The summed E-state index contributed by atoms with van der Waals surface area (Å²) in [5.41, 5.74) is 0.452. The first-order chi connectivity index (χ1) is 16.0. The standard InChI is InChI=1S/C26H38N4O3/c31-22-10-8-21(9-11-22)30-16-14-26(25(30)33)13-4-15-29(18-26)23-12-7-20(17-27-23)28-24(32)19-5-2-1-3-6-19/h7,12,17,19,21-22,31H,1-6,8-11,13-16,18H2,(H,28,32)/t21-,22-,26-/m0/s1. The van der Waals surface area contributed by atoms with Crippen molar-refractivity contribution in [1.29, 1.82) is 0 Å². The van der Waals surface area contributed by atoms with Crippen LogP contribution in [0.4, 0.5) is 11.5 Å². The summed E-state index contributed by atoms with van der Waals surface area (Å²) in [5, 5.41) is 12.9. The third-order valence-electron chi connectivity index (χ3n) is 8.55. The van der Waals surface area contributed by atoms with Crippen LogP contribution in [0.3, 0.4) is 0 Å². The molecular formula is C26H38N4O3. The summed E-state index contributed by atoms with van der Waals surface area (Å²) in [6.45, 7) is 2.47. The molecule has 1 atom stereocenters. The van der Waals surface area contributed by atoms with Gasteiger partial charge in [0, 0.05) is 31.6 Å². The molecule has 0 aromatic carbocycles. The lowest BCUT2D eigenvalue weighted by Crippen LogP contribution is -2.50. The van der Waals surface area contributed by atoms with Gasteiger partial charge in [0.1, 0.15) is 5.82 Å². The van der Waals surface area contributed by atoms with E-state index in [1.54, 1.807) is 6.20 Å². The van der Waals surface area contributed by atoms with Gasteiger partial charge in [-0.25, -0.2) is 4.98 Å². The number of hydrogen-bond donors (Lipinski definition) is 2. The molecule has 180 valence electrons. The van der Waals surface area contributed by atoms with Crippen molar-refractivity contribution in [2.75, 3.05) is 29.9 Å². The van der Waals surface area contributed by atoms with Gasteiger partial charge in [0.2, 0.25) is 11.8 Å². The van der Waals surface area contributed by atoms with Crippen LogP contribution in [-0.4, -0.2) is 58.6 Å². The molecular weight excluding hydrogens is 416 g/mol. The van der Waals surface area contributed by atoms with E-state index in [0.717, 1.165) is 102 Å². The molecule has 4 aliphatic rings. The zero-order valence-electron chi connectivity index (χ0n) is 19.7. The lowest BCUT2D eigenvalue weighted by molar-refractivity contribution is -0.139. The SMILES string of the molecule is O=C(Nc1ccc(N2CCC[C@]3(CCN([C@H]4CC[C@H](O)CC4)C3=O)C2)nc1)C1CCCCC1. The molecule has 33 heavy (non-hydrogen) atoms. The Morgan fingerprint density at radius 3 is 2.52 bits per heavy atom. The number of anilines is 2. The Hall–Kier alpha value is -2.15. The van der Waals surface area contributed by atoms with Crippen molar-refractivity contribution >= 4 is 23.3 Å². The topological polar surface area (TPSA) is 85.8 Å². The Morgan fingerprint density at radius 2 is 1.79 bits per heavy atom. The largest absolute Gasteiger partial charge is 0.393 e. The molecule has 7 heteroatoms. The zero-order valence-corrected chi connectivity index (χ0v) is 19.7. The number of nitrogens with zero attached hydrogens (tertiary/aromatic N) is 3. The van der Waals surface area contributed by atoms with Gasteiger partial charge in [-0.1, -0.05) is 19.3 Å². The van der Waals surface area contributed by atoms with E-state index in [4.69, 9.17) is 0 Å². The van der Waals surface area contributed by atoms with Crippen molar-refractivity contribution < 1.29 is 14.7 Å². The smallest absolute Gasteiger partial charge is 0.230 e.